The monoisotopic (exact) mass is 328 g/mol. The Hall–Kier alpha value is -1.47. The normalized spacial score (nSPS) is 12.5. The molecule has 7 heteroatoms. The summed E-state index contributed by atoms with van der Waals surface area (Å²) in [6.07, 6.45) is -2.57. The van der Waals surface area contributed by atoms with Crippen LogP contribution in [-0.2, 0) is 18.0 Å². The molecule has 0 aliphatic rings. The maximum atomic E-state index is 12.7. The second-order valence-electron chi connectivity index (χ2n) is 6.55. The molecular weight excluding hydrogens is 306 g/mol. The molecule has 0 saturated heterocycles. The summed E-state index contributed by atoms with van der Waals surface area (Å²) < 4.78 is 33.5. The zero-order valence-corrected chi connectivity index (χ0v) is 14.2. The number of benzene rings is 1. The van der Waals surface area contributed by atoms with Gasteiger partial charge in [0, 0.05) is 14.7 Å². The standard InChI is InChI=1S/C15H22F2N2O2Si/c1-22(2,3)9-8-21-11-19-13-7-5-4-6-12(13)18(15(19)20)10-14(16)17/h4-7,14H,8-11H2,1-3H3. The molecular formula is C15H22F2N2O2Si. The molecule has 0 N–H and O–H groups in total. The van der Waals surface area contributed by atoms with Crippen LogP contribution in [0, 0.1) is 0 Å². The molecule has 0 spiro atoms. The summed E-state index contributed by atoms with van der Waals surface area (Å²) in [6, 6.07) is 7.95. The van der Waals surface area contributed by atoms with Gasteiger partial charge in [-0.2, -0.15) is 0 Å². The number of aromatic nitrogens is 2. The molecule has 2 aromatic rings. The maximum Gasteiger partial charge on any atom is 0.331 e. The number of fused-ring (bicyclic) bond motifs is 1. The van der Waals surface area contributed by atoms with E-state index in [2.05, 4.69) is 19.6 Å². The summed E-state index contributed by atoms with van der Waals surface area (Å²) in [4.78, 5) is 12.3. The third-order valence-corrected chi connectivity index (χ3v) is 5.17. The molecule has 2 rings (SSSR count). The number of rotatable bonds is 7. The van der Waals surface area contributed by atoms with Crippen molar-refractivity contribution in [3.63, 3.8) is 0 Å². The second kappa shape index (κ2) is 6.74. The topological polar surface area (TPSA) is 36.2 Å². The number of nitrogens with zero attached hydrogens (tertiary/aromatic N) is 2. The van der Waals surface area contributed by atoms with Crippen molar-refractivity contribution in [3.8, 4) is 0 Å². The molecule has 0 bridgehead atoms. The summed E-state index contributed by atoms with van der Waals surface area (Å²) >= 11 is 0. The van der Waals surface area contributed by atoms with E-state index in [4.69, 9.17) is 4.74 Å². The minimum Gasteiger partial charge on any atom is -0.361 e. The van der Waals surface area contributed by atoms with E-state index in [0.717, 1.165) is 10.6 Å². The van der Waals surface area contributed by atoms with Crippen LogP contribution in [0.15, 0.2) is 29.1 Å². The first-order chi connectivity index (χ1) is 10.3. The van der Waals surface area contributed by atoms with E-state index in [-0.39, 0.29) is 6.73 Å². The minimum absolute atomic E-state index is 0.0973. The van der Waals surface area contributed by atoms with Crippen LogP contribution < -0.4 is 5.69 Å². The highest BCUT2D eigenvalue weighted by molar-refractivity contribution is 6.76. The van der Waals surface area contributed by atoms with Gasteiger partial charge in [0.1, 0.15) is 6.73 Å². The van der Waals surface area contributed by atoms with E-state index in [1.54, 1.807) is 24.3 Å². The van der Waals surface area contributed by atoms with E-state index in [1.165, 1.54) is 4.57 Å². The molecule has 0 aliphatic heterocycles. The van der Waals surface area contributed by atoms with Gasteiger partial charge >= 0.3 is 5.69 Å². The van der Waals surface area contributed by atoms with Crippen molar-refractivity contribution in [2.24, 2.45) is 0 Å². The van der Waals surface area contributed by atoms with Gasteiger partial charge in [-0.15, -0.1) is 0 Å². The molecule has 0 aliphatic carbocycles. The number of hydrogen-bond donors (Lipinski definition) is 0. The van der Waals surface area contributed by atoms with Crippen LogP contribution >= 0.6 is 0 Å². The van der Waals surface area contributed by atoms with Crippen LogP contribution in [0.5, 0.6) is 0 Å². The smallest absolute Gasteiger partial charge is 0.331 e. The fourth-order valence-electron chi connectivity index (χ4n) is 2.25. The van der Waals surface area contributed by atoms with Gasteiger partial charge < -0.3 is 4.74 Å². The van der Waals surface area contributed by atoms with Crippen LogP contribution in [0.4, 0.5) is 8.78 Å². The van der Waals surface area contributed by atoms with Gasteiger partial charge in [0.15, 0.2) is 0 Å². The lowest BCUT2D eigenvalue weighted by Crippen LogP contribution is -2.28. The Kier molecular flexibility index (Phi) is 5.18. The van der Waals surface area contributed by atoms with E-state index in [1.807, 2.05) is 0 Å². The summed E-state index contributed by atoms with van der Waals surface area (Å²) in [5.41, 5.74) is 0.692. The highest BCUT2D eigenvalue weighted by Crippen LogP contribution is 2.14. The van der Waals surface area contributed by atoms with Gasteiger partial charge in [-0.3, -0.25) is 9.13 Å². The zero-order chi connectivity index (χ0) is 16.3. The third-order valence-electron chi connectivity index (χ3n) is 3.46. The van der Waals surface area contributed by atoms with Gasteiger partial charge in [0.2, 0.25) is 0 Å². The van der Waals surface area contributed by atoms with Crippen molar-refractivity contribution < 1.29 is 13.5 Å². The highest BCUT2D eigenvalue weighted by Gasteiger charge is 2.16. The van der Waals surface area contributed by atoms with Gasteiger partial charge in [0.25, 0.3) is 6.43 Å². The van der Waals surface area contributed by atoms with Gasteiger partial charge in [-0.25, -0.2) is 13.6 Å². The first-order valence-corrected chi connectivity index (χ1v) is 11.0. The van der Waals surface area contributed by atoms with E-state index >= 15 is 0 Å². The Labute approximate surface area is 129 Å². The maximum absolute atomic E-state index is 12.7. The lowest BCUT2D eigenvalue weighted by atomic mass is 10.3. The molecule has 0 radical (unpaired) electrons. The predicted octanol–water partition coefficient (Wildman–Crippen LogP) is 3.38. The van der Waals surface area contributed by atoms with Crippen molar-refractivity contribution in [2.45, 2.75) is 45.4 Å². The average molecular weight is 328 g/mol. The van der Waals surface area contributed by atoms with Crippen LogP contribution in [0.25, 0.3) is 11.0 Å². The van der Waals surface area contributed by atoms with E-state index in [9.17, 15) is 13.6 Å². The molecule has 0 fully saturated rings. The number of halogens is 2. The SMILES string of the molecule is C[Si](C)(C)CCOCn1c(=O)n(CC(F)F)c2ccccc21. The molecule has 22 heavy (non-hydrogen) atoms. The zero-order valence-electron chi connectivity index (χ0n) is 13.2. The first-order valence-electron chi connectivity index (χ1n) is 7.33. The van der Waals surface area contributed by atoms with Crippen molar-refractivity contribution in [2.75, 3.05) is 6.61 Å². The molecule has 0 saturated carbocycles. The number of hydrogen-bond acceptors (Lipinski definition) is 2. The number of imidazole rings is 1. The van der Waals surface area contributed by atoms with Crippen molar-refractivity contribution in [1.29, 1.82) is 0 Å². The molecule has 1 aromatic carbocycles. The largest absolute Gasteiger partial charge is 0.361 e. The van der Waals surface area contributed by atoms with E-state index in [0.29, 0.717) is 17.6 Å². The number of para-hydroxylation sites is 2. The van der Waals surface area contributed by atoms with Crippen LogP contribution in [-0.4, -0.2) is 30.2 Å². The Morgan fingerprint density at radius 1 is 1.14 bits per heavy atom. The summed E-state index contributed by atoms with van der Waals surface area (Å²) in [5, 5.41) is 0. The molecule has 4 nitrogen and oxygen atoms in total. The van der Waals surface area contributed by atoms with Gasteiger partial charge in [-0.1, -0.05) is 31.8 Å². The van der Waals surface area contributed by atoms with E-state index < -0.39 is 26.7 Å². The Morgan fingerprint density at radius 3 is 2.27 bits per heavy atom. The van der Waals surface area contributed by atoms with Crippen LogP contribution in [0.1, 0.15) is 0 Å². The van der Waals surface area contributed by atoms with Gasteiger partial charge in [-0.05, 0) is 18.2 Å². The summed E-state index contributed by atoms with van der Waals surface area (Å²) in [6.45, 7) is 6.82. The van der Waals surface area contributed by atoms with Crippen molar-refractivity contribution in [3.05, 3.63) is 34.7 Å². The molecule has 0 unspecified atom stereocenters. The summed E-state index contributed by atoms with van der Waals surface area (Å²) in [5.74, 6) is 0. The molecule has 122 valence electrons. The lowest BCUT2D eigenvalue weighted by Gasteiger charge is -2.15. The highest BCUT2D eigenvalue weighted by atomic mass is 28.3. The minimum atomic E-state index is -2.57. The quantitative estimate of drug-likeness (QED) is 0.577. The fourth-order valence-corrected chi connectivity index (χ4v) is 3.00. The number of ether oxygens (including phenoxy) is 1. The van der Waals surface area contributed by atoms with Crippen molar-refractivity contribution in [1.82, 2.24) is 9.13 Å². The lowest BCUT2D eigenvalue weighted by molar-refractivity contribution is 0.0854. The fraction of sp³-hybridized carbons (Fsp3) is 0.533. The molecule has 0 amide bonds. The van der Waals surface area contributed by atoms with Crippen LogP contribution in [0.3, 0.4) is 0 Å². The Bertz CT molecular complexity index is 689. The Balaban J connectivity index is 2.22. The molecule has 1 aromatic heterocycles. The first kappa shape index (κ1) is 16.9. The Morgan fingerprint density at radius 2 is 1.73 bits per heavy atom. The predicted molar refractivity (Wildman–Crippen MR) is 86.3 cm³/mol. The average Bonchev–Trinajstić information content (AvgIpc) is 2.67. The second-order valence-corrected chi connectivity index (χ2v) is 12.2. The van der Waals surface area contributed by atoms with Crippen LogP contribution in [0.2, 0.25) is 25.7 Å². The molecule has 1 heterocycles. The third kappa shape index (κ3) is 4.04. The number of alkyl halides is 2. The summed E-state index contributed by atoms with van der Waals surface area (Å²) in [7, 11) is -1.20. The van der Waals surface area contributed by atoms with Crippen molar-refractivity contribution >= 4 is 19.1 Å². The van der Waals surface area contributed by atoms with Gasteiger partial charge in [0.05, 0.1) is 17.6 Å². The molecule has 0 atom stereocenters.